The number of esters is 1. The number of carbonyl (C=O) groups is 2. The van der Waals surface area contributed by atoms with E-state index in [1.807, 2.05) is 0 Å². The lowest BCUT2D eigenvalue weighted by atomic mass is 9.97. The third-order valence-electron chi connectivity index (χ3n) is 2.68. The number of amides is 1. The Morgan fingerprint density at radius 2 is 2.05 bits per heavy atom. The van der Waals surface area contributed by atoms with Crippen LogP contribution in [0.2, 0.25) is 0 Å². The molecular formula is C13H21NO5. The first-order valence-corrected chi connectivity index (χ1v) is 6.24. The molecule has 1 heterocycles. The smallest absolute Gasteiger partial charge is 0.415 e. The SMILES string of the molecule is CCOC(=O)[C@@]1(CO)CC=CN1C(=O)OC(C)(C)C. The van der Waals surface area contributed by atoms with Crippen molar-refractivity contribution in [3.8, 4) is 0 Å². The summed E-state index contributed by atoms with van der Waals surface area (Å²) in [5.41, 5.74) is -2.08. The molecule has 0 aliphatic carbocycles. The Labute approximate surface area is 113 Å². The number of rotatable bonds is 3. The molecule has 19 heavy (non-hydrogen) atoms. The number of ether oxygens (including phenoxy) is 2. The van der Waals surface area contributed by atoms with Crippen LogP contribution >= 0.6 is 0 Å². The lowest BCUT2D eigenvalue weighted by Crippen LogP contribution is -2.56. The van der Waals surface area contributed by atoms with E-state index in [1.165, 1.54) is 6.20 Å². The second kappa shape index (κ2) is 5.61. The van der Waals surface area contributed by atoms with Crippen LogP contribution in [0.5, 0.6) is 0 Å². The van der Waals surface area contributed by atoms with Crippen LogP contribution in [0, 0.1) is 0 Å². The molecule has 0 spiro atoms. The van der Waals surface area contributed by atoms with Crippen molar-refractivity contribution in [1.82, 2.24) is 4.90 Å². The predicted octanol–water partition coefficient (Wildman–Crippen LogP) is 1.44. The first-order valence-electron chi connectivity index (χ1n) is 6.24. The fraction of sp³-hybridized carbons (Fsp3) is 0.692. The molecule has 1 atom stereocenters. The maximum atomic E-state index is 12.1. The standard InChI is InChI=1S/C13H21NO5/c1-5-18-10(16)13(9-15)7-6-8-14(13)11(17)19-12(2,3)4/h6,8,15H,5,7,9H2,1-4H3/t13-/m0/s1. The predicted molar refractivity (Wildman–Crippen MR) is 68.3 cm³/mol. The van der Waals surface area contributed by atoms with Gasteiger partial charge in [-0.1, -0.05) is 6.08 Å². The van der Waals surface area contributed by atoms with Gasteiger partial charge in [-0.25, -0.2) is 9.59 Å². The van der Waals surface area contributed by atoms with E-state index in [-0.39, 0.29) is 13.0 Å². The molecule has 1 rings (SSSR count). The van der Waals surface area contributed by atoms with E-state index in [0.717, 1.165) is 4.90 Å². The molecular weight excluding hydrogens is 250 g/mol. The van der Waals surface area contributed by atoms with E-state index in [4.69, 9.17) is 9.47 Å². The van der Waals surface area contributed by atoms with Crippen LogP contribution < -0.4 is 0 Å². The molecule has 6 heteroatoms. The second-order valence-electron chi connectivity index (χ2n) is 5.35. The zero-order valence-corrected chi connectivity index (χ0v) is 11.8. The molecule has 1 amide bonds. The third-order valence-corrected chi connectivity index (χ3v) is 2.68. The molecule has 0 aromatic rings. The van der Waals surface area contributed by atoms with E-state index < -0.39 is 29.8 Å². The van der Waals surface area contributed by atoms with E-state index in [1.54, 1.807) is 33.8 Å². The largest absolute Gasteiger partial charge is 0.464 e. The molecule has 6 nitrogen and oxygen atoms in total. The summed E-state index contributed by atoms with van der Waals surface area (Å²) >= 11 is 0. The monoisotopic (exact) mass is 271 g/mol. The third kappa shape index (κ3) is 3.26. The highest BCUT2D eigenvalue weighted by atomic mass is 16.6. The molecule has 0 fully saturated rings. The van der Waals surface area contributed by atoms with Gasteiger partial charge in [0.15, 0.2) is 5.54 Å². The summed E-state index contributed by atoms with van der Waals surface area (Å²) in [6.45, 7) is 6.53. The highest BCUT2D eigenvalue weighted by Crippen LogP contribution is 2.30. The minimum atomic E-state index is -1.40. The zero-order valence-electron chi connectivity index (χ0n) is 11.8. The van der Waals surface area contributed by atoms with Crippen LogP contribution in [-0.4, -0.2) is 46.4 Å². The molecule has 0 saturated heterocycles. The summed E-state index contributed by atoms with van der Waals surface area (Å²) in [5, 5.41) is 9.54. The number of hydrogen-bond acceptors (Lipinski definition) is 5. The van der Waals surface area contributed by atoms with Gasteiger partial charge in [-0.05, 0) is 27.7 Å². The summed E-state index contributed by atoms with van der Waals surface area (Å²) < 4.78 is 10.2. The molecule has 0 aromatic heterocycles. The fourth-order valence-corrected chi connectivity index (χ4v) is 1.79. The van der Waals surface area contributed by atoms with Gasteiger partial charge in [0.1, 0.15) is 5.60 Å². The van der Waals surface area contributed by atoms with Gasteiger partial charge in [-0.2, -0.15) is 0 Å². The quantitative estimate of drug-likeness (QED) is 0.786. The van der Waals surface area contributed by atoms with Crippen LogP contribution in [0.15, 0.2) is 12.3 Å². The van der Waals surface area contributed by atoms with E-state index in [2.05, 4.69) is 0 Å². The molecule has 1 N–H and O–H groups in total. The second-order valence-corrected chi connectivity index (χ2v) is 5.35. The van der Waals surface area contributed by atoms with Gasteiger partial charge in [0.05, 0.1) is 13.2 Å². The molecule has 0 unspecified atom stereocenters. The number of nitrogens with zero attached hydrogens (tertiary/aromatic N) is 1. The maximum Gasteiger partial charge on any atom is 0.415 e. The minimum absolute atomic E-state index is 0.183. The number of aliphatic hydroxyl groups is 1. The van der Waals surface area contributed by atoms with Gasteiger partial charge in [0.2, 0.25) is 0 Å². The normalized spacial score (nSPS) is 22.5. The summed E-state index contributed by atoms with van der Waals surface area (Å²) in [4.78, 5) is 25.2. The number of aliphatic hydroxyl groups excluding tert-OH is 1. The molecule has 1 aliphatic rings. The molecule has 0 bridgehead atoms. The summed E-state index contributed by atoms with van der Waals surface area (Å²) in [5.74, 6) is -0.631. The first-order chi connectivity index (χ1) is 8.77. The Kier molecular flexibility index (Phi) is 4.57. The van der Waals surface area contributed by atoms with Crippen molar-refractivity contribution in [2.24, 2.45) is 0 Å². The van der Waals surface area contributed by atoms with Gasteiger partial charge >= 0.3 is 12.1 Å². The number of carbonyl (C=O) groups excluding carboxylic acids is 2. The van der Waals surface area contributed by atoms with Crippen LogP contribution in [-0.2, 0) is 14.3 Å². The number of hydrogen-bond donors (Lipinski definition) is 1. The lowest BCUT2D eigenvalue weighted by Gasteiger charge is -2.35. The van der Waals surface area contributed by atoms with E-state index in [0.29, 0.717) is 0 Å². The first kappa shape index (κ1) is 15.5. The summed E-state index contributed by atoms with van der Waals surface area (Å²) in [7, 11) is 0. The van der Waals surface area contributed by atoms with Crippen molar-refractivity contribution >= 4 is 12.1 Å². The van der Waals surface area contributed by atoms with Crippen molar-refractivity contribution < 1.29 is 24.2 Å². The Morgan fingerprint density at radius 3 is 2.53 bits per heavy atom. The molecule has 1 aliphatic heterocycles. The molecule has 0 radical (unpaired) electrons. The average molecular weight is 271 g/mol. The lowest BCUT2D eigenvalue weighted by molar-refractivity contribution is -0.157. The zero-order chi connectivity index (χ0) is 14.7. The fourth-order valence-electron chi connectivity index (χ4n) is 1.79. The summed E-state index contributed by atoms with van der Waals surface area (Å²) in [6.07, 6.45) is 2.61. The van der Waals surface area contributed by atoms with Gasteiger partial charge in [0.25, 0.3) is 0 Å². The van der Waals surface area contributed by atoms with Gasteiger partial charge < -0.3 is 14.6 Å². The highest BCUT2D eigenvalue weighted by Gasteiger charge is 2.50. The van der Waals surface area contributed by atoms with Crippen molar-refractivity contribution in [3.63, 3.8) is 0 Å². The Hall–Kier alpha value is -1.56. The van der Waals surface area contributed by atoms with Crippen LogP contribution in [0.3, 0.4) is 0 Å². The molecule has 0 saturated carbocycles. The Bertz CT molecular complexity index is 385. The van der Waals surface area contributed by atoms with Crippen molar-refractivity contribution in [2.45, 2.75) is 45.3 Å². The molecule has 0 aromatic carbocycles. The van der Waals surface area contributed by atoms with Gasteiger partial charge in [-0.3, -0.25) is 4.90 Å². The van der Waals surface area contributed by atoms with Crippen molar-refractivity contribution in [3.05, 3.63) is 12.3 Å². The minimum Gasteiger partial charge on any atom is -0.464 e. The molecule has 108 valence electrons. The Balaban J connectivity index is 2.94. The van der Waals surface area contributed by atoms with Crippen molar-refractivity contribution in [1.29, 1.82) is 0 Å². The Morgan fingerprint density at radius 1 is 1.42 bits per heavy atom. The van der Waals surface area contributed by atoms with Gasteiger partial charge in [0, 0.05) is 12.6 Å². The van der Waals surface area contributed by atoms with Gasteiger partial charge in [-0.15, -0.1) is 0 Å². The maximum absolute atomic E-state index is 12.1. The van der Waals surface area contributed by atoms with Crippen molar-refractivity contribution in [2.75, 3.05) is 13.2 Å². The topological polar surface area (TPSA) is 76.1 Å². The summed E-state index contributed by atoms with van der Waals surface area (Å²) in [6, 6.07) is 0. The van der Waals surface area contributed by atoms with E-state index >= 15 is 0 Å². The van der Waals surface area contributed by atoms with Crippen LogP contribution in [0.25, 0.3) is 0 Å². The average Bonchev–Trinajstić information content (AvgIpc) is 2.71. The van der Waals surface area contributed by atoms with E-state index in [9.17, 15) is 14.7 Å². The highest BCUT2D eigenvalue weighted by molar-refractivity contribution is 5.88. The van der Waals surface area contributed by atoms with Crippen LogP contribution in [0.1, 0.15) is 34.1 Å². The van der Waals surface area contributed by atoms with Crippen LogP contribution in [0.4, 0.5) is 4.79 Å².